The maximum absolute atomic E-state index is 12.6. The van der Waals surface area contributed by atoms with E-state index >= 15 is 0 Å². The SMILES string of the molecule is C[N+](C)(C)C(F)(F)C(F)=C(F)F. The van der Waals surface area contributed by atoms with E-state index in [0.717, 1.165) is 21.1 Å². The number of hydrogen-bond donors (Lipinski definition) is 0. The Morgan fingerprint density at radius 3 is 1.42 bits per heavy atom. The molecule has 0 saturated heterocycles. The predicted octanol–water partition coefficient (Wildman–Crippen LogP) is 2.36. The highest BCUT2D eigenvalue weighted by Gasteiger charge is 2.52. The van der Waals surface area contributed by atoms with Crippen molar-refractivity contribution in [1.82, 2.24) is 0 Å². The van der Waals surface area contributed by atoms with Crippen molar-refractivity contribution in [3.8, 4) is 0 Å². The first-order chi connectivity index (χ1) is 5.10. The monoisotopic (exact) mass is 190 g/mol. The summed E-state index contributed by atoms with van der Waals surface area (Å²) in [4.78, 5) is 0. The van der Waals surface area contributed by atoms with Gasteiger partial charge >= 0.3 is 12.1 Å². The molecule has 0 heterocycles. The number of halogens is 5. The van der Waals surface area contributed by atoms with Crippen LogP contribution in [0.2, 0.25) is 0 Å². The van der Waals surface area contributed by atoms with Crippen molar-refractivity contribution in [3.05, 3.63) is 11.9 Å². The minimum atomic E-state index is -4.18. The first-order valence-corrected chi connectivity index (χ1v) is 3.01. The Balaban J connectivity index is 5.01. The molecule has 0 aliphatic rings. The topological polar surface area (TPSA) is 0 Å². The van der Waals surface area contributed by atoms with Crippen molar-refractivity contribution in [2.45, 2.75) is 6.05 Å². The third-order valence-electron chi connectivity index (χ3n) is 1.27. The second kappa shape index (κ2) is 3.01. The number of quaternary nitrogens is 1. The van der Waals surface area contributed by atoms with Gasteiger partial charge in [-0.2, -0.15) is 13.2 Å². The van der Waals surface area contributed by atoms with Gasteiger partial charge in [-0.05, 0) is 0 Å². The maximum atomic E-state index is 12.6. The summed E-state index contributed by atoms with van der Waals surface area (Å²) in [6.45, 7) is 0. The molecule has 0 rings (SSSR count). The molecule has 72 valence electrons. The predicted molar refractivity (Wildman–Crippen MR) is 33.3 cm³/mol. The molecule has 0 amide bonds. The summed E-state index contributed by atoms with van der Waals surface area (Å²) in [5.41, 5.74) is 0. The van der Waals surface area contributed by atoms with Crippen molar-refractivity contribution in [3.63, 3.8) is 0 Å². The zero-order valence-corrected chi connectivity index (χ0v) is 6.84. The van der Waals surface area contributed by atoms with Crippen LogP contribution in [0.1, 0.15) is 0 Å². The molecule has 0 aromatic heterocycles. The molecule has 0 spiro atoms. The van der Waals surface area contributed by atoms with Crippen LogP contribution < -0.4 is 0 Å². The molecule has 0 aromatic carbocycles. The van der Waals surface area contributed by atoms with Crippen LogP contribution in [0.5, 0.6) is 0 Å². The van der Waals surface area contributed by atoms with Crippen LogP contribution in [0.4, 0.5) is 22.0 Å². The number of likely N-dealkylation sites (N-methyl/N-ethyl adjacent to an activating group) is 1. The quantitative estimate of drug-likeness (QED) is 0.356. The zero-order chi connectivity index (χ0) is 10.2. The van der Waals surface area contributed by atoms with Gasteiger partial charge in [0.25, 0.3) is 5.83 Å². The van der Waals surface area contributed by atoms with Crippen molar-refractivity contribution in [2.24, 2.45) is 0 Å². The van der Waals surface area contributed by atoms with Crippen molar-refractivity contribution in [1.29, 1.82) is 0 Å². The lowest BCUT2D eigenvalue weighted by Gasteiger charge is -2.30. The summed E-state index contributed by atoms with van der Waals surface area (Å²) < 4.78 is 59.2. The molecular weight excluding hydrogens is 181 g/mol. The Bertz CT molecular complexity index is 198. The zero-order valence-electron chi connectivity index (χ0n) is 6.84. The van der Waals surface area contributed by atoms with Crippen LogP contribution in [0.3, 0.4) is 0 Å². The molecule has 0 unspecified atom stereocenters. The summed E-state index contributed by atoms with van der Waals surface area (Å²) in [5.74, 6) is -2.67. The van der Waals surface area contributed by atoms with Gasteiger partial charge in [-0.1, -0.05) is 0 Å². The minimum Gasteiger partial charge on any atom is -0.264 e. The summed E-state index contributed by atoms with van der Waals surface area (Å²) in [5, 5.41) is 0. The smallest absolute Gasteiger partial charge is 0.264 e. The molecular formula is C6H9F5N+. The Morgan fingerprint density at radius 1 is 1.00 bits per heavy atom. The van der Waals surface area contributed by atoms with Crippen LogP contribution >= 0.6 is 0 Å². The van der Waals surface area contributed by atoms with E-state index in [2.05, 4.69) is 0 Å². The molecule has 0 aromatic rings. The Morgan fingerprint density at radius 2 is 1.33 bits per heavy atom. The number of nitrogens with zero attached hydrogens (tertiary/aromatic N) is 1. The molecule has 0 fully saturated rings. The number of hydrogen-bond acceptors (Lipinski definition) is 0. The standard InChI is InChI=1S/C6H9F5N/c1-12(2,3)6(10,11)4(7)5(8)9/h1-3H3/q+1. The van der Waals surface area contributed by atoms with E-state index in [4.69, 9.17) is 0 Å². The van der Waals surface area contributed by atoms with Gasteiger partial charge in [0.05, 0.1) is 21.1 Å². The van der Waals surface area contributed by atoms with E-state index in [9.17, 15) is 22.0 Å². The van der Waals surface area contributed by atoms with Crippen molar-refractivity contribution < 1.29 is 26.4 Å². The maximum Gasteiger partial charge on any atom is 0.449 e. The Labute approximate surface area is 66.7 Å². The molecule has 1 nitrogen and oxygen atoms in total. The molecule has 0 radical (unpaired) electrons. The first kappa shape index (κ1) is 11.4. The van der Waals surface area contributed by atoms with Crippen LogP contribution in [0, 0.1) is 0 Å². The lowest BCUT2D eigenvalue weighted by atomic mass is 10.4. The molecule has 0 atom stereocenters. The van der Waals surface area contributed by atoms with E-state index in [1.165, 1.54) is 0 Å². The first-order valence-electron chi connectivity index (χ1n) is 3.01. The highest BCUT2D eigenvalue weighted by molar-refractivity contribution is 4.99. The van der Waals surface area contributed by atoms with Gasteiger partial charge in [0.2, 0.25) is 0 Å². The summed E-state index contributed by atoms with van der Waals surface area (Å²) in [6.07, 6.45) is -2.98. The lowest BCUT2D eigenvalue weighted by molar-refractivity contribution is -0.955. The number of rotatable bonds is 2. The molecule has 0 aliphatic heterocycles. The van der Waals surface area contributed by atoms with E-state index in [1.54, 1.807) is 0 Å². The average Bonchev–Trinajstić information content (AvgIpc) is 1.83. The third kappa shape index (κ3) is 1.94. The van der Waals surface area contributed by atoms with Gasteiger partial charge in [-0.25, -0.2) is 0 Å². The van der Waals surface area contributed by atoms with Gasteiger partial charge in [0.15, 0.2) is 0 Å². The minimum absolute atomic E-state index is 0.919. The highest BCUT2D eigenvalue weighted by Crippen LogP contribution is 2.34. The second-order valence-electron chi connectivity index (χ2n) is 3.13. The van der Waals surface area contributed by atoms with Crippen LogP contribution in [-0.2, 0) is 0 Å². The third-order valence-corrected chi connectivity index (χ3v) is 1.27. The van der Waals surface area contributed by atoms with Gasteiger partial charge in [-0.15, -0.1) is 8.78 Å². The van der Waals surface area contributed by atoms with E-state index in [-0.39, 0.29) is 0 Å². The molecule has 12 heavy (non-hydrogen) atoms. The van der Waals surface area contributed by atoms with Crippen LogP contribution in [0.25, 0.3) is 0 Å². The highest BCUT2D eigenvalue weighted by atomic mass is 19.3. The van der Waals surface area contributed by atoms with Crippen molar-refractivity contribution >= 4 is 0 Å². The largest absolute Gasteiger partial charge is 0.449 e. The normalized spacial score (nSPS) is 13.0. The fourth-order valence-electron chi connectivity index (χ4n) is 0.408. The van der Waals surface area contributed by atoms with Crippen LogP contribution in [0.15, 0.2) is 11.9 Å². The molecule has 0 N–H and O–H groups in total. The van der Waals surface area contributed by atoms with Gasteiger partial charge in [0, 0.05) is 0 Å². The fraction of sp³-hybridized carbons (Fsp3) is 0.667. The van der Waals surface area contributed by atoms with Crippen LogP contribution in [-0.4, -0.2) is 31.7 Å². The lowest BCUT2D eigenvalue weighted by Crippen LogP contribution is -2.51. The Hall–Kier alpha value is -0.650. The van der Waals surface area contributed by atoms with E-state index in [1.807, 2.05) is 0 Å². The average molecular weight is 190 g/mol. The molecule has 0 bridgehead atoms. The van der Waals surface area contributed by atoms with Crippen molar-refractivity contribution in [2.75, 3.05) is 21.1 Å². The van der Waals surface area contributed by atoms with Gasteiger partial charge < -0.3 is 0 Å². The van der Waals surface area contributed by atoms with E-state index < -0.39 is 22.4 Å². The Kier molecular flexibility index (Phi) is 2.84. The summed E-state index contributed by atoms with van der Waals surface area (Å²) >= 11 is 0. The van der Waals surface area contributed by atoms with Gasteiger partial charge in [0.1, 0.15) is 0 Å². The summed E-state index contributed by atoms with van der Waals surface area (Å²) in [6, 6.07) is -4.18. The number of alkyl halides is 2. The molecule has 6 heteroatoms. The fourth-order valence-corrected chi connectivity index (χ4v) is 0.408. The molecule has 0 aliphatic carbocycles. The summed E-state index contributed by atoms with van der Waals surface area (Å²) in [7, 11) is 2.76. The van der Waals surface area contributed by atoms with Gasteiger partial charge in [-0.3, -0.25) is 4.48 Å². The molecule has 0 saturated carbocycles. The second-order valence-corrected chi connectivity index (χ2v) is 3.13. The van der Waals surface area contributed by atoms with E-state index in [0.29, 0.717) is 0 Å².